The van der Waals surface area contributed by atoms with Gasteiger partial charge in [0, 0.05) is 4.88 Å². The summed E-state index contributed by atoms with van der Waals surface area (Å²) in [6, 6.07) is -0.261. The van der Waals surface area contributed by atoms with Gasteiger partial charge < -0.3 is 10.1 Å². The molecule has 128 valence electrons. The van der Waals surface area contributed by atoms with Crippen LogP contribution in [-0.4, -0.2) is 43.5 Å². The lowest BCUT2D eigenvalue weighted by Gasteiger charge is -2.19. The highest BCUT2D eigenvalue weighted by Gasteiger charge is 2.29. The van der Waals surface area contributed by atoms with E-state index in [0.29, 0.717) is 23.1 Å². The van der Waals surface area contributed by atoms with Crippen LogP contribution in [0.4, 0.5) is 5.00 Å². The highest BCUT2D eigenvalue weighted by molar-refractivity contribution is 7.17. The van der Waals surface area contributed by atoms with Crippen LogP contribution in [0.5, 0.6) is 0 Å². The molecule has 1 N–H and O–H groups in total. The number of anilines is 1. The molecule has 5 nitrogen and oxygen atoms in total. The average molecular weight is 338 g/mol. The summed E-state index contributed by atoms with van der Waals surface area (Å²) in [4.78, 5) is 27.8. The number of carbonyl (C=O) groups is 2. The Morgan fingerprint density at radius 1 is 1.43 bits per heavy atom. The summed E-state index contributed by atoms with van der Waals surface area (Å²) in [6.45, 7) is 6.19. The summed E-state index contributed by atoms with van der Waals surface area (Å²) in [6.07, 6.45) is 2.91. The molecule has 23 heavy (non-hydrogen) atoms. The highest BCUT2D eigenvalue weighted by Crippen LogP contribution is 2.40. The second kappa shape index (κ2) is 7.45. The fourth-order valence-electron chi connectivity index (χ4n) is 2.71. The molecule has 1 amide bonds. The summed E-state index contributed by atoms with van der Waals surface area (Å²) in [5.41, 5.74) is 1.64. The summed E-state index contributed by atoms with van der Waals surface area (Å²) in [7, 11) is 3.72. The third-order valence-electron chi connectivity index (χ3n) is 4.38. The van der Waals surface area contributed by atoms with Gasteiger partial charge in [0.2, 0.25) is 5.91 Å². The van der Waals surface area contributed by atoms with Crippen LogP contribution in [0.2, 0.25) is 0 Å². The second-order valence-electron chi connectivity index (χ2n) is 6.41. The van der Waals surface area contributed by atoms with E-state index < -0.39 is 0 Å². The molecule has 0 aliphatic heterocycles. The first-order valence-electron chi connectivity index (χ1n) is 8.14. The Morgan fingerprint density at radius 2 is 2.13 bits per heavy atom. The van der Waals surface area contributed by atoms with Crippen molar-refractivity contribution in [2.75, 3.05) is 26.0 Å². The molecular formula is C17H26N2O3S. The van der Waals surface area contributed by atoms with Crippen molar-refractivity contribution in [1.82, 2.24) is 4.90 Å². The van der Waals surface area contributed by atoms with Gasteiger partial charge in [-0.25, -0.2) is 4.79 Å². The van der Waals surface area contributed by atoms with Crippen molar-refractivity contribution in [3.63, 3.8) is 0 Å². The molecule has 1 aromatic heterocycles. The Kier molecular flexibility index (Phi) is 5.81. The molecule has 2 rings (SSSR count). The zero-order chi connectivity index (χ0) is 17.1. The van der Waals surface area contributed by atoms with E-state index in [9.17, 15) is 9.59 Å². The van der Waals surface area contributed by atoms with Crippen molar-refractivity contribution in [3.8, 4) is 0 Å². The fraction of sp³-hybridized carbons (Fsp3) is 0.647. The smallest absolute Gasteiger partial charge is 0.341 e. The van der Waals surface area contributed by atoms with Gasteiger partial charge in [0.25, 0.3) is 0 Å². The summed E-state index contributed by atoms with van der Waals surface area (Å²) in [5, 5.41) is 3.58. The number of nitrogens with one attached hydrogen (secondary N) is 1. The maximum absolute atomic E-state index is 12.4. The van der Waals surface area contributed by atoms with E-state index in [1.165, 1.54) is 16.2 Å². The zero-order valence-electron chi connectivity index (χ0n) is 14.6. The molecule has 0 fully saturated rings. The lowest BCUT2D eigenvalue weighted by molar-refractivity contribution is -0.119. The Balaban J connectivity index is 2.34. The number of ether oxygens (including phenoxy) is 1. The Labute approximate surface area is 142 Å². The molecule has 0 spiro atoms. The van der Waals surface area contributed by atoms with E-state index in [0.717, 1.165) is 24.8 Å². The Hall–Kier alpha value is -1.40. The van der Waals surface area contributed by atoms with Gasteiger partial charge in [-0.3, -0.25) is 9.69 Å². The van der Waals surface area contributed by atoms with Gasteiger partial charge in [0.05, 0.1) is 18.2 Å². The fourth-order valence-corrected chi connectivity index (χ4v) is 4.11. The van der Waals surface area contributed by atoms with Gasteiger partial charge in [-0.2, -0.15) is 0 Å². The van der Waals surface area contributed by atoms with Crippen LogP contribution in [-0.2, 0) is 22.4 Å². The van der Waals surface area contributed by atoms with Crippen LogP contribution in [0.1, 0.15) is 48.0 Å². The summed E-state index contributed by atoms with van der Waals surface area (Å²) in [5.74, 6) is 0.181. The number of thiophene rings is 1. The first-order valence-corrected chi connectivity index (χ1v) is 8.95. The molecule has 0 aromatic carbocycles. The topological polar surface area (TPSA) is 58.6 Å². The number of hydrogen-bond donors (Lipinski definition) is 1. The van der Waals surface area contributed by atoms with Gasteiger partial charge in [-0.15, -0.1) is 11.3 Å². The summed E-state index contributed by atoms with van der Waals surface area (Å²) < 4.78 is 5.22. The normalized spacial score (nSPS) is 18.4. The van der Waals surface area contributed by atoms with Crippen LogP contribution in [0.15, 0.2) is 0 Å². The molecule has 1 aliphatic carbocycles. The molecule has 6 heteroatoms. The van der Waals surface area contributed by atoms with Crippen LogP contribution in [0.3, 0.4) is 0 Å². The van der Waals surface area contributed by atoms with Crippen LogP contribution in [0, 0.1) is 5.92 Å². The van der Waals surface area contributed by atoms with Crippen molar-refractivity contribution < 1.29 is 14.3 Å². The number of likely N-dealkylation sites (N-methyl/N-ethyl adjacent to an activating group) is 1. The van der Waals surface area contributed by atoms with E-state index in [2.05, 4.69) is 12.2 Å². The molecule has 0 unspecified atom stereocenters. The standard InChI is InChI=1S/C17H26N2O3S/c1-6-22-17(21)14-12-8-7-10(2)9-13(12)23-16(14)18-15(20)11(3)19(4)5/h10-11H,6-9H2,1-5H3,(H,18,20)/t10-,11-/m0/s1. The van der Waals surface area contributed by atoms with Crippen LogP contribution >= 0.6 is 11.3 Å². The minimum atomic E-state index is -0.327. The van der Waals surface area contributed by atoms with E-state index in [1.54, 1.807) is 6.92 Å². The van der Waals surface area contributed by atoms with Crippen LogP contribution < -0.4 is 5.32 Å². The second-order valence-corrected chi connectivity index (χ2v) is 7.51. The van der Waals surface area contributed by atoms with Crippen LogP contribution in [0.25, 0.3) is 0 Å². The molecule has 0 saturated heterocycles. The Morgan fingerprint density at radius 3 is 2.74 bits per heavy atom. The summed E-state index contributed by atoms with van der Waals surface area (Å²) >= 11 is 1.53. The van der Waals surface area contributed by atoms with Gasteiger partial charge >= 0.3 is 5.97 Å². The van der Waals surface area contributed by atoms with E-state index in [1.807, 2.05) is 25.9 Å². The van der Waals surface area contributed by atoms with E-state index in [-0.39, 0.29) is 17.9 Å². The third kappa shape index (κ3) is 3.93. The van der Waals surface area contributed by atoms with Crippen molar-refractivity contribution in [2.45, 2.75) is 46.1 Å². The van der Waals surface area contributed by atoms with Crippen molar-refractivity contribution in [3.05, 3.63) is 16.0 Å². The molecule has 1 aliphatic rings. The lowest BCUT2D eigenvalue weighted by Crippen LogP contribution is -2.37. The molecule has 1 heterocycles. The molecular weight excluding hydrogens is 312 g/mol. The third-order valence-corrected chi connectivity index (χ3v) is 5.55. The molecule has 0 saturated carbocycles. The molecule has 0 bridgehead atoms. The van der Waals surface area contributed by atoms with Crippen molar-refractivity contribution >= 4 is 28.2 Å². The highest BCUT2D eigenvalue weighted by atomic mass is 32.1. The number of nitrogens with zero attached hydrogens (tertiary/aromatic N) is 1. The zero-order valence-corrected chi connectivity index (χ0v) is 15.4. The predicted octanol–water partition coefficient (Wildman–Crippen LogP) is 2.94. The number of fused-ring (bicyclic) bond motifs is 1. The average Bonchev–Trinajstić information content (AvgIpc) is 2.83. The first kappa shape index (κ1) is 17.9. The largest absolute Gasteiger partial charge is 0.462 e. The van der Waals surface area contributed by atoms with Gasteiger partial charge in [0.15, 0.2) is 0 Å². The number of esters is 1. The maximum Gasteiger partial charge on any atom is 0.341 e. The minimum Gasteiger partial charge on any atom is -0.462 e. The van der Waals surface area contributed by atoms with E-state index in [4.69, 9.17) is 4.74 Å². The Bertz CT molecular complexity index is 595. The molecule has 1 aromatic rings. The number of hydrogen-bond acceptors (Lipinski definition) is 5. The molecule has 2 atom stereocenters. The van der Waals surface area contributed by atoms with Gasteiger partial charge in [0.1, 0.15) is 5.00 Å². The van der Waals surface area contributed by atoms with Crippen molar-refractivity contribution in [1.29, 1.82) is 0 Å². The number of amides is 1. The SMILES string of the molecule is CCOC(=O)c1c(NC(=O)[C@H](C)N(C)C)sc2c1CC[C@H](C)C2. The quantitative estimate of drug-likeness (QED) is 0.839. The van der Waals surface area contributed by atoms with Gasteiger partial charge in [-0.1, -0.05) is 6.92 Å². The van der Waals surface area contributed by atoms with Gasteiger partial charge in [-0.05, 0) is 58.7 Å². The monoisotopic (exact) mass is 338 g/mol. The predicted molar refractivity (Wildman–Crippen MR) is 93.2 cm³/mol. The maximum atomic E-state index is 12.4. The lowest BCUT2D eigenvalue weighted by atomic mass is 9.88. The minimum absolute atomic E-state index is 0.104. The number of rotatable bonds is 5. The first-order chi connectivity index (χ1) is 10.8. The van der Waals surface area contributed by atoms with Crippen molar-refractivity contribution in [2.24, 2.45) is 5.92 Å². The van der Waals surface area contributed by atoms with E-state index >= 15 is 0 Å². The number of carbonyl (C=O) groups excluding carboxylic acids is 2. The molecule has 0 radical (unpaired) electrons.